The van der Waals surface area contributed by atoms with Crippen LogP contribution in [0.25, 0.3) is 0 Å². The van der Waals surface area contributed by atoms with Crippen LogP contribution in [0, 0.1) is 34.0 Å². The molecule has 0 aromatic heterocycles. The normalized spacial score (nSPS) is 26.8. The van der Waals surface area contributed by atoms with E-state index in [1.807, 2.05) is 45.0 Å². The third-order valence-electron chi connectivity index (χ3n) is 8.11. The van der Waals surface area contributed by atoms with Gasteiger partial charge in [0.25, 0.3) is 0 Å². The molecule has 4 N–H and O–H groups in total. The number of nitrogens with zero attached hydrogens (tertiary/aromatic N) is 2. The molecule has 1 aromatic rings. The van der Waals surface area contributed by atoms with Gasteiger partial charge < -0.3 is 21.3 Å². The molecule has 2 fully saturated rings. The van der Waals surface area contributed by atoms with Crippen molar-refractivity contribution in [2.75, 3.05) is 11.9 Å². The number of hydrogen-bond acceptors (Lipinski definition) is 5. The van der Waals surface area contributed by atoms with E-state index < -0.39 is 29.6 Å². The quantitative estimate of drug-likeness (QED) is 0.504. The van der Waals surface area contributed by atoms with E-state index in [-0.39, 0.29) is 40.9 Å². The number of piperidine rings is 1. The van der Waals surface area contributed by atoms with Crippen LogP contribution >= 0.6 is 0 Å². The highest BCUT2D eigenvalue weighted by atomic mass is 19.4. The molecule has 5 atom stereocenters. The van der Waals surface area contributed by atoms with Gasteiger partial charge in [0, 0.05) is 18.7 Å². The van der Waals surface area contributed by atoms with Crippen molar-refractivity contribution in [3.05, 3.63) is 29.8 Å². The number of fused-ring (bicyclic) bond motifs is 2. The van der Waals surface area contributed by atoms with E-state index in [9.17, 15) is 32.8 Å². The molecule has 1 saturated heterocycles. The van der Waals surface area contributed by atoms with Gasteiger partial charge in [-0.1, -0.05) is 52.8 Å². The predicted octanol–water partition coefficient (Wildman–Crippen LogP) is 3.25. The maximum Gasteiger partial charge on any atom is 0.470 e. The van der Waals surface area contributed by atoms with Crippen molar-refractivity contribution in [1.82, 2.24) is 10.2 Å². The Morgan fingerprint density at radius 1 is 1.20 bits per heavy atom. The van der Waals surface area contributed by atoms with E-state index in [0.29, 0.717) is 18.9 Å². The van der Waals surface area contributed by atoms with Crippen molar-refractivity contribution in [2.24, 2.45) is 28.4 Å². The summed E-state index contributed by atoms with van der Waals surface area (Å²) in [4.78, 5) is 50.1. The number of anilines is 1. The Hall–Kier alpha value is -3.62. The second kappa shape index (κ2) is 10.4. The molecule has 1 aromatic carbocycles. The van der Waals surface area contributed by atoms with Gasteiger partial charge in [-0.25, -0.2) is 0 Å². The summed E-state index contributed by atoms with van der Waals surface area (Å²) >= 11 is 0. The van der Waals surface area contributed by atoms with Crippen LogP contribution in [0.5, 0.6) is 0 Å². The Balaban J connectivity index is 0.000000559. The fourth-order valence-corrected chi connectivity index (χ4v) is 5.85. The molecule has 12 heteroatoms. The van der Waals surface area contributed by atoms with Crippen molar-refractivity contribution in [1.29, 1.82) is 5.26 Å². The van der Waals surface area contributed by atoms with Crippen molar-refractivity contribution in [3.63, 3.8) is 0 Å². The molecule has 2 aliphatic heterocycles. The average Bonchev–Trinajstić information content (AvgIpc) is 3.11. The number of nitrogens with two attached hydrogens (primary N) is 1. The minimum absolute atomic E-state index is 0.00107. The van der Waals surface area contributed by atoms with Crippen molar-refractivity contribution in [3.8, 4) is 6.07 Å². The van der Waals surface area contributed by atoms with E-state index in [1.54, 1.807) is 11.8 Å². The first-order chi connectivity index (χ1) is 18.2. The Kier molecular flexibility index (Phi) is 8.05. The first kappa shape index (κ1) is 30.9. The summed E-state index contributed by atoms with van der Waals surface area (Å²) in [6, 6.07) is 8.19. The molecule has 0 bridgehead atoms. The Bertz CT molecular complexity index is 1250. The lowest BCUT2D eigenvalue weighted by Gasteiger charge is -2.33. The van der Waals surface area contributed by atoms with Crippen LogP contribution in [0.4, 0.5) is 18.9 Å². The van der Waals surface area contributed by atoms with Crippen molar-refractivity contribution in [2.45, 2.75) is 78.1 Å². The Morgan fingerprint density at radius 2 is 1.77 bits per heavy atom. The molecule has 0 radical (unpaired) electrons. The molecule has 1 saturated carbocycles. The number of alkyl halides is 3. The number of carbonyl (C=O) groups is 4. The fraction of sp³-hybridized carbons (Fsp3) is 0.607. The molecule has 2 heterocycles. The van der Waals surface area contributed by atoms with Gasteiger partial charge in [0.1, 0.15) is 12.1 Å². The number of nitrogens with one attached hydrogen (secondary N) is 2. The van der Waals surface area contributed by atoms with Gasteiger partial charge in [-0.2, -0.15) is 18.4 Å². The van der Waals surface area contributed by atoms with E-state index in [2.05, 4.69) is 36.3 Å². The number of hydrogen-bond donors (Lipinski definition) is 3. The van der Waals surface area contributed by atoms with Crippen LogP contribution < -0.4 is 16.4 Å². The number of benzene rings is 1. The number of amides is 4. The number of para-hydroxylation sites is 1. The number of carbonyl (C=O) groups excluding carboxylic acids is 4. The second-order valence-electron chi connectivity index (χ2n) is 12.8. The second-order valence-corrected chi connectivity index (χ2v) is 12.8. The summed E-state index contributed by atoms with van der Waals surface area (Å²) in [5, 5.41) is 15.6. The third-order valence-corrected chi connectivity index (χ3v) is 8.11. The molecular formula is C28H36F3N5O4. The first-order valence-electron chi connectivity index (χ1n) is 13.0. The fourth-order valence-electron chi connectivity index (χ4n) is 5.85. The van der Waals surface area contributed by atoms with E-state index >= 15 is 0 Å². The number of nitriles is 1. The topological polar surface area (TPSA) is 145 Å². The summed E-state index contributed by atoms with van der Waals surface area (Å²) < 4.78 is 32.1. The minimum atomic E-state index is -4.86. The van der Waals surface area contributed by atoms with Crippen LogP contribution in [-0.4, -0.2) is 53.3 Å². The van der Waals surface area contributed by atoms with Crippen LogP contribution in [0.1, 0.15) is 59.9 Å². The Morgan fingerprint density at radius 3 is 2.30 bits per heavy atom. The van der Waals surface area contributed by atoms with Gasteiger partial charge >= 0.3 is 12.1 Å². The van der Waals surface area contributed by atoms with Gasteiger partial charge in [-0.3, -0.25) is 19.2 Å². The molecule has 9 nitrogen and oxygen atoms in total. The number of likely N-dealkylation sites (tertiary alicyclic amines) is 1. The summed E-state index contributed by atoms with van der Waals surface area (Å²) in [6.45, 7) is 12.7. The highest BCUT2D eigenvalue weighted by molar-refractivity contribution is 6.06. The van der Waals surface area contributed by atoms with E-state index in [1.165, 1.54) is 0 Å². The lowest BCUT2D eigenvalue weighted by atomic mass is 9.78. The minimum Gasteiger partial charge on any atom is -0.362 e. The zero-order valence-corrected chi connectivity index (χ0v) is 23.5. The predicted molar refractivity (Wildman–Crippen MR) is 140 cm³/mol. The number of halogens is 3. The molecule has 1 unspecified atom stereocenters. The average molecular weight is 564 g/mol. The summed E-state index contributed by atoms with van der Waals surface area (Å²) in [5.41, 5.74) is 4.29. The van der Waals surface area contributed by atoms with Crippen LogP contribution in [-0.2, 0) is 24.6 Å². The smallest absolute Gasteiger partial charge is 0.362 e. The molecule has 4 amide bonds. The third kappa shape index (κ3) is 6.08. The summed E-state index contributed by atoms with van der Waals surface area (Å²) in [7, 11) is 0. The Labute approximate surface area is 231 Å². The van der Waals surface area contributed by atoms with Crippen molar-refractivity contribution < 1.29 is 32.3 Å². The monoisotopic (exact) mass is 563 g/mol. The molecule has 3 aliphatic rings. The van der Waals surface area contributed by atoms with E-state index in [4.69, 9.17) is 4.79 Å². The number of primary amides is 1. The van der Waals surface area contributed by atoms with Gasteiger partial charge in [-0.05, 0) is 47.6 Å². The highest BCUT2D eigenvalue weighted by Crippen LogP contribution is 2.65. The lowest BCUT2D eigenvalue weighted by Crippen LogP contribution is -2.53. The lowest BCUT2D eigenvalue weighted by molar-refractivity contribution is -0.169. The zero-order chi connectivity index (χ0) is 30.4. The maximum atomic E-state index is 13.5. The molecule has 40 heavy (non-hydrogen) atoms. The van der Waals surface area contributed by atoms with Crippen LogP contribution in [0.15, 0.2) is 24.3 Å². The highest BCUT2D eigenvalue weighted by Gasteiger charge is 2.69. The first-order valence-corrected chi connectivity index (χ1v) is 13.0. The number of rotatable bonds is 5. The molecule has 1 aliphatic carbocycles. The largest absolute Gasteiger partial charge is 0.470 e. The van der Waals surface area contributed by atoms with Gasteiger partial charge in [-0.15, -0.1) is 0 Å². The van der Waals surface area contributed by atoms with E-state index in [0.717, 1.165) is 11.3 Å². The van der Waals surface area contributed by atoms with Crippen LogP contribution in [0.3, 0.4) is 0 Å². The summed E-state index contributed by atoms with van der Waals surface area (Å²) in [5.74, 6) is -2.36. The standard InChI is InChI=1S/C26H34N4O3.C2H2F3NO/c1-24(2,3)12-19(31)30-14-17-20(25(17,4)5)21(30)22(32)28-15(13-27)11-26(6)16-9-7-8-10-18(16)29-23(26)33;3-2(4,5)1(6)7/h7-10,15,17,20-21H,11-12,14H2,1-6H3,(H,28,32)(H,29,33);(H2,6,7)/t15-,17-,20?,21-,26-;/m0./s1. The summed E-state index contributed by atoms with van der Waals surface area (Å²) in [6.07, 6.45) is -4.33. The SMILES string of the molecule is CC(C)(C)CC(=O)N1C[C@H]2C([C@H]1C(=O)N[C@H](C#N)C[C@]1(C)C(=O)Nc3ccccc31)C2(C)C.NC(=O)C(F)(F)F. The van der Waals surface area contributed by atoms with Crippen LogP contribution in [0.2, 0.25) is 0 Å². The van der Waals surface area contributed by atoms with Crippen molar-refractivity contribution >= 4 is 29.3 Å². The molecule has 4 rings (SSSR count). The van der Waals surface area contributed by atoms with Gasteiger partial charge in [0.15, 0.2) is 0 Å². The maximum absolute atomic E-state index is 13.5. The zero-order valence-electron chi connectivity index (χ0n) is 23.5. The molecular weight excluding hydrogens is 527 g/mol. The van der Waals surface area contributed by atoms with Gasteiger partial charge in [0.2, 0.25) is 17.7 Å². The molecule has 0 spiro atoms. The van der Waals surface area contributed by atoms with Gasteiger partial charge in [0.05, 0.1) is 11.5 Å². The molecule has 218 valence electrons.